The second kappa shape index (κ2) is 4.02. The smallest absolute Gasteiger partial charge is 0.158 e. The molecule has 0 fully saturated rings. The highest BCUT2D eigenvalue weighted by Gasteiger charge is 2.04. The zero-order chi connectivity index (χ0) is 9.80. The lowest BCUT2D eigenvalue weighted by molar-refractivity contribution is 0.276. The van der Waals surface area contributed by atoms with Crippen molar-refractivity contribution in [3.63, 3.8) is 0 Å². The van der Waals surface area contributed by atoms with Crippen molar-refractivity contribution in [2.24, 2.45) is 0 Å². The van der Waals surface area contributed by atoms with Crippen LogP contribution in [0.25, 0.3) is 11.5 Å². The van der Waals surface area contributed by atoms with Crippen molar-refractivity contribution in [2.45, 2.75) is 6.54 Å². The molecule has 2 rings (SSSR count). The Morgan fingerprint density at radius 3 is 2.86 bits per heavy atom. The van der Waals surface area contributed by atoms with Gasteiger partial charge in [0.2, 0.25) is 0 Å². The third-order valence-corrected chi connectivity index (χ3v) is 1.95. The lowest BCUT2D eigenvalue weighted by Gasteiger charge is -2.04. The largest absolute Gasteiger partial charge is 0.395 e. The summed E-state index contributed by atoms with van der Waals surface area (Å²) in [5.74, 6) is 0.791. The first-order chi connectivity index (χ1) is 6.92. The molecule has 0 saturated heterocycles. The van der Waals surface area contributed by atoms with E-state index in [0.29, 0.717) is 6.54 Å². The fourth-order valence-corrected chi connectivity index (χ4v) is 1.33. The van der Waals surface area contributed by atoms with Gasteiger partial charge in [0.1, 0.15) is 5.69 Å². The van der Waals surface area contributed by atoms with Crippen molar-refractivity contribution < 1.29 is 5.11 Å². The Labute approximate surface area is 81.9 Å². The molecule has 0 spiro atoms. The van der Waals surface area contributed by atoms with E-state index in [0.717, 1.165) is 11.5 Å². The summed E-state index contributed by atoms with van der Waals surface area (Å²) in [4.78, 5) is 8.39. The molecule has 4 nitrogen and oxygen atoms in total. The van der Waals surface area contributed by atoms with Crippen LogP contribution < -0.4 is 0 Å². The third kappa shape index (κ3) is 1.65. The van der Waals surface area contributed by atoms with Crippen LogP contribution in [-0.4, -0.2) is 26.2 Å². The van der Waals surface area contributed by atoms with Crippen LogP contribution in [0.2, 0.25) is 0 Å². The molecule has 0 radical (unpaired) electrons. The highest BCUT2D eigenvalue weighted by Crippen LogP contribution is 2.13. The maximum atomic E-state index is 8.84. The van der Waals surface area contributed by atoms with Crippen LogP contribution in [-0.2, 0) is 6.54 Å². The number of aliphatic hydroxyl groups is 1. The van der Waals surface area contributed by atoms with Crippen LogP contribution in [0.3, 0.4) is 0 Å². The predicted octanol–water partition coefficient (Wildman–Crippen LogP) is 0.937. The molecule has 0 aliphatic carbocycles. The van der Waals surface area contributed by atoms with Crippen LogP contribution in [0.5, 0.6) is 0 Å². The first-order valence-corrected chi connectivity index (χ1v) is 4.45. The first kappa shape index (κ1) is 8.90. The fraction of sp³-hybridized carbons (Fsp3) is 0.200. The van der Waals surface area contributed by atoms with Gasteiger partial charge in [0.15, 0.2) is 5.82 Å². The zero-order valence-electron chi connectivity index (χ0n) is 7.67. The number of hydrogen-bond acceptors (Lipinski definition) is 3. The van der Waals surface area contributed by atoms with E-state index in [2.05, 4.69) is 9.97 Å². The summed E-state index contributed by atoms with van der Waals surface area (Å²) in [7, 11) is 0. The standard InChI is InChI=1S/C10H11N3O/c14-8-7-13-6-5-12-10(13)9-3-1-2-4-11-9/h1-6,14H,7-8H2. The van der Waals surface area contributed by atoms with Gasteiger partial charge in [-0.3, -0.25) is 4.98 Å². The summed E-state index contributed by atoms with van der Waals surface area (Å²) in [6.45, 7) is 0.655. The zero-order valence-corrected chi connectivity index (χ0v) is 7.67. The van der Waals surface area contributed by atoms with E-state index in [1.807, 2.05) is 29.0 Å². The molecule has 0 aliphatic heterocycles. The van der Waals surface area contributed by atoms with Gasteiger partial charge in [-0.15, -0.1) is 0 Å². The monoisotopic (exact) mass is 189 g/mol. The van der Waals surface area contributed by atoms with E-state index >= 15 is 0 Å². The highest BCUT2D eigenvalue weighted by atomic mass is 16.3. The van der Waals surface area contributed by atoms with Gasteiger partial charge < -0.3 is 9.67 Å². The summed E-state index contributed by atoms with van der Waals surface area (Å²) in [6.07, 6.45) is 5.27. The lowest BCUT2D eigenvalue weighted by Crippen LogP contribution is -2.03. The Morgan fingerprint density at radius 1 is 1.21 bits per heavy atom. The fourth-order valence-electron chi connectivity index (χ4n) is 1.33. The Kier molecular flexibility index (Phi) is 2.55. The molecular formula is C10H11N3O. The number of aromatic nitrogens is 3. The molecule has 0 saturated carbocycles. The van der Waals surface area contributed by atoms with Crippen LogP contribution in [0.4, 0.5) is 0 Å². The third-order valence-electron chi connectivity index (χ3n) is 1.95. The van der Waals surface area contributed by atoms with E-state index in [9.17, 15) is 0 Å². The minimum Gasteiger partial charge on any atom is -0.395 e. The van der Waals surface area contributed by atoms with Gasteiger partial charge in [-0.05, 0) is 12.1 Å². The molecule has 0 aliphatic rings. The average molecular weight is 189 g/mol. The number of rotatable bonds is 3. The van der Waals surface area contributed by atoms with E-state index in [1.54, 1.807) is 12.4 Å². The molecule has 14 heavy (non-hydrogen) atoms. The topological polar surface area (TPSA) is 50.9 Å². The van der Waals surface area contributed by atoms with E-state index in [1.165, 1.54) is 0 Å². The van der Waals surface area contributed by atoms with Gasteiger partial charge in [0.05, 0.1) is 6.61 Å². The number of hydrogen-bond donors (Lipinski definition) is 1. The normalized spacial score (nSPS) is 10.4. The molecule has 0 amide bonds. The summed E-state index contributed by atoms with van der Waals surface area (Å²) in [6, 6.07) is 5.68. The van der Waals surface area contributed by atoms with E-state index in [-0.39, 0.29) is 6.61 Å². The van der Waals surface area contributed by atoms with Crippen molar-refractivity contribution in [1.29, 1.82) is 0 Å². The van der Waals surface area contributed by atoms with E-state index < -0.39 is 0 Å². The molecule has 0 bridgehead atoms. The van der Waals surface area contributed by atoms with Crippen molar-refractivity contribution in [3.8, 4) is 11.5 Å². The van der Waals surface area contributed by atoms with Crippen molar-refractivity contribution >= 4 is 0 Å². The second-order valence-corrected chi connectivity index (χ2v) is 2.88. The second-order valence-electron chi connectivity index (χ2n) is 2.88. The van der Waals surface area contributed by atoms with Crippen LogP contribution in [0, 0.1) is 0 Å². The van der Waals surface area contributed by atoms with Crippen LogP contribution in [0.1, 0.15) is 0 Å². The van der Waals surface area contributed by atoms with Gasteiger partial charge in [0, 0.05) is 25.1 Å². The molecule has 2 heterocycles. The lowest BCUT2D eigenvalue weighted by atomic mass is 10.3. The maximum absolute atomic E-state index is 8.84. The number of pyridine rings is 1. The summed E-state index contributed by atoms with van der Waals surface area (Å²) in [5.41, 5.74) is 0.825. The Morgan fingerprint density at radius 2 is 2.14 bits per heavy atom. The molecule has 1 N–H and O–H groups in total. The minimum atomic E-state index is 0.107. The number of aliphatic hydroxyl groups excluding tert-OH is 1. The predicted molar refractivity (Wildman–Crippen MR) is 52.5 cm³/mol. The number of imidazole rings is 1. The summed E-state index contributed by atoms with van der Waals surface area (Å²) >= 11 is 0. The maximum Gasteiger partial charge on any atom is 0.158 e. The van der Waals surface area contributed by atoms with Crippen LogP contribution >= 0.6 is 0 Å². The molecule has 4 heteroatoms. The van der Waals surface area contributed by atoms with Gasteiger partial charge >= 0.3 is 0 Å². The van der Waals surface area contributed by atoms with Crippen molar-refractivity contribution in [1.82, 2.24) is 14.5 Å². The van der Waals surface area contributed by atoms with Crippen molar-refractivity contribution in [2.75, 3.05) is 6.61 Å². The van der Waals surface area contributed by atoms with Gasteiger partial charge in [-0.1, -0.05) is 6.07 Å². The van der Waals surface area contributed by atoms with Gasteiger partial charge in [-0.2, -0.15) is 0 Å². The molecule has 2 aromatic heterocycles. The van der Waals surface area contributed by atoms with Gasteiger partial charge in [0.25, 0.3) is 0 Å². The minimum absolute atomic E-state index is 0.107. The first-order valence-electron chi connectivity index (χ1n) is 4.45. The van der Waals surface area contributed by atoms with Crippen molar-refractivity contribution in [3.05, 3.63) is 36.8 Å². The summed E-state index contributed by atoms with van der Waals surface area (Å²) in [5, 5.41) is 8.84. The Balaban J connectivity index is 2.37. The molecule has 72 valence electrons. The molecule has 2 aromatic rings. The summed E-state index contributed by atoms with van der Waals surface area (Å²) < 4.78 is 1.88. The molecule has 0 atom stereocenters. The average Bonchev–Trinajstić information content (AvgIpc) is 2.68. The van der Waals surface area contributed by atoms with Crippen LogP contribution in [0.15, 0.2) is 36.8 Å². The molecule has 0 aromatic carbocycles. The molecular weight excluding hydrogens is 178 g/mol. The highest BCUT2D eigenvalue weighted by molar-refractivity contribution is 5.48. The number of nitrogens with zero attached hydrogens (tertiary/aromatic N) is 3. The Bertz CT molecular complexity index is 397. The SMILES string of the molecule is OCCn1ccnc1-c1ccccn1. The molecule has 0 unspecified atom stereocenters. The van der Waals surface area contributed by atoms with Gasteiger partial charge in [-0.25, -0.2) is 4.98 Å². The van der Waals surface area contributed by atoms with E-state index in [4.69, 9.17) is 5.11 Å². The Hall–Kier alpha value is -1.68. The quantitative estimate of drug-likeness (QED) is 0.781.